The highest BCUT2D eigenvalue weighted by Crippen LogP contribution is 2.27. The van der Waals surface area contributed by atoms with Gasteiger partial charge in [-0.3, -0.25) is 4.79 Å². The topological polar surface area (TPSA) is 44.1 Å². The third kappa shape index (κ3) is 2.75. The first kappa shape index (κ1) is 14.7. The third-order valence-electron chi connectivity index (χ3n) is 2.75. The standard InChI is InChI=1S/C13H13ClF2N2O2/c1-3-20-11(19)6-18-10-5-8(15)4-9(16)12(10)17-13(18)7(2)14/h4-5,7H,3,6H2,1-2H3. The van der Waals surface area contributed by atoms with Crippen LogP contribution >= 0.6 is 11.6 Å². The number of aromatic nitrogens is 2. The van der Waals surface area contributed by atoms with E-state index in [1.165, 1.54) is 4.57 Å². The van der Waals surface area contributed by atoms with E-state index in [0.29, 0.717) is 5.82 Å². The van der Waals surface area contributed by atoms with E-state index in [4.69, 9.17) is 16.3 Å². The second-order valence-corrected chi connectivity index (χ2v) is 4.89. The van der Waals surface area contributed by atoms with Crippen molar-refractivity contribution in [2.45, 2.75) is 25.8 Å². The zero-order valence-corrected chi connectivity index (χ0v) is 11.7. The van der Waals surface area contributed by atoms with Crippen molar-refractivity contribution >= 4 is 28.6 Å². The molecule has 20 heavy (non-hydrogen) atoms. The average molecular weight is 303 g/mol. The second kappa shape index (κ2) is 5.75. The number of esters is 1. The van der Waals surface area contributed by atoms with E-state index in [2.05, 4.69) is 4.98 Å². The Morgan fingerprint density at radius 3 is 2.80 bits per heavy atom. The molecule has 0 saturated heterocycles. The van der Waals surface area contributed by atoms with Crippen LogP contribution in [0, 0.1) is 11.6 Å². The van der Waals surface area contributed by atoms with E-state index in [0.717, 1.165) is 12.1 Å². The largest absolute Gasteiger partial charge is 0.465 e. The summed E-state index contributed by atoms with van der Waals surface area (Å²) >= 11 is 5.98. The van der Waals surface area contributed by atoms with Crippen molar-refractivity contribution < 1.29 is 18.3 Å². The van der Waals surface area contributed by atoms with Crippen LogP contribution in [0.1, 0.15) is 25.0 Å². The lowest BCUT2D eigenvalue weighted by Gasteiger charge is -2.09. The van der Waals surface area contributed by atoms with Crippen molar-refractivity contribution in [3.63, 3.8) is 0 Å². The minimum Gasteiger partial charge on any atom is -0.465 e. The Bertz CT molecular complexity index is 655. The van der Waals surface area contributed by atoms with Gasteiger partial charge in [0.2, 0.25) is 0 Å². The number of hydrogen-bond donors (Lipinski definition) is 0. The third-order valence-corrected chi connectivity index (χ3v) is 2.95. The maximum absolute atomic E-state index is 13.7. The Morgan fingerprint density at radius 1 is 1.50 bits per heavy atom. The van der Waals surface area contributed by atoms with Crippen molar-refractivity contribution in [1.82, 2.24) is 9.55 Å². The number of imidazole rings is 1. The molecule has 1 unspecified atom stereocenters. The Hall–Kier alpha value is -1.69. The van der Waals surface area contributed by atoms with E-state index >= 15 is 0 Å². The van der Waals surface area contributed by atoms with Crippen LogP contribution in [0.25, 0.3) is 11.0 Å². The predicted molar refractivity (Wildman–Crippen MR) is 70.6 cm³/mol. The van der Waals surface area contributed by atoms with Crippen LogP contribution in [0.2, 0.25) is 0 Å². The summed E-state index contributed by atoms with van der Waals surface area (Å²) in [5, 5.41) is -0.556. The number of rotatable bonds is 4. The number of halogens is 3. The zero-order valence-electron chi connectivity index (χ0n) is 11.0. The van der Waals surface area contributed by atoms with Gasteiger partial charge in [-0.25, -0.2) is 13.8 Å². The quantitative estimate of drug-likeness (QED) is 0.643. The first-order chi connectivity index (χ1) is 9.43. The minimum absolute atomic E-state index is 0.0156. The molecule has 0 fully saturated rings. The molecule has 1 aromatic carbocycles. The van der Waals surface area contributed by atoms with Crippen LogP contribution in [0.15, 0.2) is 12.1 Å². The fourth-order valence-corrected chi connectivity index (χ4v) is 2.14. The normalized spacial score (nSPS) is 12.7. The molecule has 1 heterocycles. The van der Waals surface area contributed by atoms with Gasteiger partial charge in [0.05, 0.1) is 17.5 Å². The highest BCUT2D eigenvalue weighted by molar-refractivity contribution is 6.20. The van der Waals surface area contributed by atoms with Gasteiger partial charge in [-0.1, -0.05) is 0 Å². The van der Waals surface area contributed by atoms with E-state index in [9.17, 15) is 13.6 Å². The van der Waals surface area contributed by atoms with Gasteiger partial charge >= 0.3 is 5.97 Å². The molecule has 4 nitrogen and oxygen atoms in total. The maximum atomic E-state index is 13.7. The summed E-state index contributed by atoms with van der Waals surface area (Å²) in [6.45, 7) is 3.34. The van der Waals surface area contributed by atoms with Crippen molar-refractivity contribution in [1.29, 1.82) is 0 Å². The van der Waals surface area contributed by atoms with E-state index in [1.54, 1.807) is 13.8 Å². The predicted octanol–water partition coefficient (Wildman–Crippen LogP) is 3.18. The van der Waals surface area contributed by atoms with Gasteiger partial charge in [0, 0.05) is 6.07 Å². The SMILES string of the molecule is CCOC(=O)Cn1c(C(C)Cl)nc2c(F)cc(F)cc21. The molecule has 0 N–H and O–H groups in total. The molecule has 0 aliphatic carbocycles. The Balaban J connectivity index is 2.59. The second-order valence-electron chi connectivity index (χ2n) is 4.23. The average Bonchev–Trinajstić information content (AvgIpc) is 2.69. The summed E-state index contributed by atoms with van der Waals surface area (Å²) < 4.78 is 33.3. The van der Waals surface area contributed by atoms with Crippen molar-refractivity contribution in [3.05, 3.63) is 29.6 Å². The molecule has 0 aliphatic heterocycles. The van der Waals surface area contributed by atoms with Crippen LogP contribution in [0.4, 0.5) is 8.78 Å². The first-order valence-corrected chi connectivity index (χ1v) is 6.52. The number of benzene rings is 1. The maximum Gasteiger partial charge on any atom is 0.326 e. The fraction of sp³-hybridized carbons (Fsp3) is 0.385. The number of carbonyl (C=O) groups is 1. The summed E-state index contributed by atoms with van der Waals surface area (Å²) in [5.41, 5.74) is 0.163. The molecule has 1 aromatic heterocycles. The molecule has 0 aliphatic rings. The van der Waals surface area contributed by atoms with Crippen molar-refractivity contribution in [2.24, 2.45) is 0 Å². The minimum atomic E-state index is -0.791. The van der Waals surface area contributed by atoms with Gasteiger partial charge in [-0.2, -0.15) is 0 Å². The molecule has 0 amide bonds. The highest BCUT2D eigenvalue weighted by Gasteiger charge is 2.20. The van der Waals surface area contributed by atoms with Crippen molar-refractivity contribution in [2.75, 3.05) is 6.61 Å². The molecular formula is C13H13ClF2N2O2. The molecule has 2 aromatic rings. The fourth-order valence-electron chi connectivity index (χ4n) is 1.97. The number of ether oxygens (including phenoxy) is 1. The molecular weight excluding hydrogens is 290 g/mol. The Morgan fingerprint density at radius 2 is 2.20 bits per heavy atom. The number of hydrogen-bond acceptors (Lipinski definition) is 3. The molecule has 1 atom stereocenters. The summed E-state index contributed by atoms with van der Waals surface area (Å²) in [6, 6.07) is 1.86. The lowest BCUT2D eigenvalue weighted by molar-refractivity contribution is -0.143. The summed E-state index contributed by atoms with van der Waals surface area (Å²) in [5.74, 6) is -1.76. The van der Waals surface area contributed by atoms with Gasteiger partial charge in [0.25, 0.3) is 0 Å². The highest BCUT2D eigenvalue weighted by atomic mass is 35.5. The lowest BCUT2D eigenvalue weighted by atomic mass is 10.3. The molecule has 0 saturated carbocycles. The molecule has 0 bridgehead atoms. The Kier molecular flexibility index (Phi) is 4.23. The van der Waals surface area contributed by atoms with E-state index in [-0.39, 0.29) is 24.2 Å². The lowest BCUT2D eigenvalue weighted by Crippen LogP contribution is -2.15. The van der Waals surface area contributed by atoms with Crippen LogP contribution in [0.3, 0.4) is 0 Å². The number of fused-ring (bicyclic) bond motifs is 1. The summed E-state index contributed by atoms with van der Waals surface area (Å²) in [6.07, 6.45) is 0. The van der Waals surface area contributed by atoms with Crippen LogP contribution in [-0.2, 0) is 16.1 Å². The number of alkyl halides is 1. The molecule has 0 spiro atoms. The number of carbonyl (C=O) groups excluding carboxylic acids is 1. The summed E-state index contributed by atoms with van der Waals surface area (Å²) in [4.78, 5) is 15.6. The van der Waals surface area contributed by atoms with Gasteiger partial charge in [-0.15, -0.1) is 11.6 Å². The van der Waals surface area contributed by atoms with Crippen LogP contribution in [0.5, 0.6) is 0 Å². The Labute approximate surface area is 119 Å². The number of nitrogens with zero attached hydrogens (tertiary/aromatic N) is 2. The van der Waals surface area contributed by atoms with Gasteiger partial charge < -0.3 is 9.30 Å². The summed E-state index contributed by atoms with van der Waals surface area (Å²) in [7, 11) is 0. The molecule has 0 radical (unpaired) electrons. The molecule has 108 valence electrons. The van der Waals surface area contributed by atoms with Crippen LogP contribution in [-0.4, -0.2) is 22.1 Å². The van der Waals surface area contributed by atoms with Gasteiger partial charge in [-0.05, 0) is 19.9 Å². The smallest absolute Gasteiger partial charge is 0.326 e. The van der Waals surface area contributed by atoms with E-state index < -0.39 is 23.0 Å². The molecule has 7 heteroatoms. The van der Waals surface area contributed by atoms with Gasteiger partial charge in [0.15, 0.2) is 5.82 Å². The van der Waals surface area contributed by atoms with Crippen LogP contribution < -0.4 is 0 Å². The van der Waals surface area contributed by atoms with E-state index in [1.807, 2.05) is 0 Å². The monoisotopic (exact) mass is 302 g/mol. The van der Waals surface area contributed by atoms with Gasteiger partial charge in [0.1, 0.15) is 23.7 Å². The molecule has 2 rings (SSSR count). The van der Waals surface area contributed by atoms with Crippen molar-refractivity contribution in [3.8, 4) is 0 Å². The zero-order chi connectivity index (χ0) is 14.9. The first-order valence-electron chi connectivity index (χ1n) is 6.09.